The molecule has 0 aliphatic carbocycles. The molecule has 1 amide bonds. The van der Waals surface area contributed by atoms with Crippen molar-refractivity contribution in [3.8, 4) is 11.3 Å². The molecule has 1 fully saturated rings. The highest BCUT2D eigenvalue weighted by Crippen LogP contribution is 2.24. The summed E-state index contributed by atoms with van der Waals surface area (Å²) in [6, 6.07) is 2.02. The lowest BCUT2D eigenvalue weighted by atomic mass is 9.95. The summed E-state index contributed by atoms with van der Waals surface area (Å²) in [6.45, 7) is 3.60. The largest absolute Gasteiger partial charge is 0.342 e. The molecule has 0 aromatic carbocycles. The molecule has 3 N–H and O–H groups in total. The van der Waals surface area contributed by atoms with E-state index in [1.807, 2.05) is 6.20 Å². The number of Topliss-reactive ketones (excluding diaryl/α,β-unsaturated/α-hetero) is 1. The van der Waals surface area contributed by atoms with Crippen molar-refractivity contribution < 1.29 is 14.6 Å². The number of rotatable bonds is 10. The zero-order chi connectivity index (χ0) is 20.6. The zero-order valence-corrected chi connectivity index (χ0v) is 18.3. The molecule has 1 aliphatic heterocycles. The fourth-order valence-electron chi connectivity index (χ4n) is 3.88. The molecule has 3 rings (SSSR count). The molecule has 0 spiro atoms. The van der Waals surface area contributed by atoms with E-state index in [2.05, 4.69) is 44.1 Å². The van der Waals surface area contributed by atoms with Crippen LogP contribution in [0.3, 0.4) is 0 Å². The number of likely N-dealkylation sites (tertiary alicyclic amines) is 1. The van der Waals surface area contributed by atoms with E-state index in [0.29, 0.717) is 6.42 Å². The van der Waals surface area contributed by atoms with Crippen molar-refractivity contribution >= 4 is 23.0 Å². The maximum absolute atomic E-state index is 12.9. The number of aromatic amines is 2. The van der Waals surface area contributed by atoms with Gasteiger partial charge >= 0.3 is 0 Å². The first-order chi connectivity index (χ1) is 14.0. The molecule has 0 saturated carbocycles. The molecule has 7 heteroatoms. The normalized spacial score (nSPS) is 16.6. The van der Waals surface area contributed by atoms with Gasteiger partial charge in [0.2, 0.25) is 5.91 Å². The molecule has 0 bridgehead atoms. The molecule has 29 heavy (non-hydrogen) atoms. The van der Waals surface area contributed by atoms with Gasteiger partial charge in [-0.05, 0) is 64.2 Å². The lowest BCUT2D eigenvalue weighted by molar-refractivity contribution is -0.391. The van der Waals surface area contributed by atoms with Crippen LogP contribution >= 0.6 is 11.3 Å². The van der Waals surface area contributed by atoms with Crippen molar-refractivity contribution in [3.63, 3.8) is 0 Å². The Labute approximate surface area is 177 Å². The van der Waals surface area contributed by atoms with Gasteiger partial charge in [-0.2, -0.15) is 11.3 Å². The molecule has 0 unspecified atom stereocenters. The molecular formula is C22H33N4O2S+. The first kappa shape index (κ1) is 21.7. The van der Waals surface area contributed by atoms with Crippen LogP contribution in [0.5, 0.6) is 0 Å². The van der Waals surface area contributed by atoms with Crippen LogP contribution in [-0.4, -0.2) is 41.7 Å². The second-order valence-electron chi connectivity index (χ2n) is 8.19. The molecule has 1 saturated heterocycles. The standard InChI is InChI=1S/C22H32N4O2S/c1-16(27)6-4-3-5-7-19(25-22(28)17-8-11-26(2)12-9-17)21-23-14-20(24-21)18-10-13-29-15-18/h10,13-15,17,19H,3-9,11-12H2,1-2H3,(H,23,24)(H,25,28)/p+1/t19-/m0/s1. The third-order valence-electron chi connectivity index (χ3n) is 5.75. The highest BCUT2D eigenvalue weighted by atomic mass is 32.1. The van der Waals surface area contributed by atoms with Gasteiger partial charge in [-0.3, -0.25) is 4.79 Å². The Morgan fingerprint density at radius 1 is 1.31 bits per heavy atom. The van der Waals surface area contributed by atoms with E-state index in [-0.39, 0.29) is 23.7 Å². The SMILES string of the molecule is CC(=O)CCCCC[C@H](NC(=O)C1CCN(C)CC1)c1[nH]c(-c2ccsc2)c[nH+]1. The fraction of sp³-hybridized carbons (Fsp3) is 0.591. The number of aromatic nitrogens is 2. The minimum Gasteiger partial charge on any atom is -0.342 e. The minimum absolute atomic E-state index is 0.0631. The third kappa shape index (κ3) is 6.51. The van der Waals surface area contributed by atoms with Crippen molar-refractivity contribution in [3.05, 3.63) is 28.8 Å². The topological polar surface area (TPSA) is 79.3 Å². The van der Waals surface area contributed by atoms with Gasteiger partial charge in [-0.25, -0.2) is 9.97 Å². The summed E-state index contributed by atoms with van der Waals surface area (Å²) in [4.78, 5) is 33.1. The third-order valence-corrected chi connectivity index (χ3v) is 6.43. The number of H-pyrrole nitrogens is 2. The summed E-state index contributed by atoms with van der Waals surface area (Å²) in [5.41, 5.74) is 2.19. The maximum Gasteiger partial charge on any atom is 0.275 e. The van der Waals surface area contributed by atoms with Crippen molar-refractivity contribution in [1.29, 1.82) is 0 Å². The van der Waals surface area contributed by atoms with Crippen molar-refractivity contribution in [2.45, 2.75) is 57.9 Å². The van der Waals surface area contributed by atoms with Crippen molar-refractivity contribution in [1.82, 2.24) is 15.2 Å². The molecule has 0 radical (unpaired) electrons. The Morgan fingerprint density at radius 2 is 2.10 bits per heavy atom. The van der Waals surface area contributed by atoms with E-state index >= 15 is 0 Å². The first-order valence-electron chi connectivity index (χ1n) is 10.6. The number of piperidine rings is 1. The van der Waals surface area contributed by atoms with Crippen molar-refractivity contribution in [2.24, 2.45) is 5.92 Å². The van der Waals surface area contributed by atoms with E-state index < -0.39 is 0 Å². The summed E-state index contributed by atoms with van der Waals surface area (Å²) >= 11 is 1.67. The maximum atomic E-state index is 12.9. The summed E-state index contributed by atoms with van der Waals surface area (Å²) in [7, 11) is 2.11. The summed E-state index contributed by atoms with van der Waals surface area (Å²) in [6.07, 6.45) is 8.20. The molecular weight excluding hydrogens is 384 g/mol. The van der Waals surface area contributed by atoms with E-state index in [9.17, 15) is 9.59 Å². The molecule has 2 aromatic rings. The molecule has 158 valence electrons. The number of hydrogen-bond donors (Lipinski definition) is 2. The van der Waals surface area contributed by atoms with Gasteiger partial charge in [0.05, 0.1) is 0 Å². The van der Waals surface area contributed by atoms with Gasteiger partial charge in [0.1, 0.15) is 18.0 Å². The van der Waals surface area contributed by atoms with Gasteiger partial charge in [-0.1, -0.05) is 12.8 Å². The first-order valence-corrected chi connectivity index (χ1v) is 11.6. The number of unbranched alkanes of at least 4 members (excludes halogenated alkanes) is 2. The van der Waals surface area contributed by atoms with E-state index in [1.165, 1.54) is 0 Å². The number of nitrogens with one attached hydrogen (secondary N) is 3. The van der Waals surface area contributed by atoms with Crippen LogP contribution in [0.1, 0.15) is 63.7 Å². The lowest BCUT2D eigenvalue weighted by Gasteiger charge is -2.28. The van der Waals surface area contributed by atoms with Crippen LogP contribution in [0.25, 0.3) is 11.3 Å². The highest BCUT2D eigenvalue weighted by molar-refractivity contribution is 7.08. The quantitative estimate of drug-likeness (QED) is 0.580. The van der Waals surface area contributed by atoms with Crippen LogP contribution in [0.4, 0.5) is 0 Å². The van der Waals surface area contributed by atoms with Gasteiger partial charge in [0, 0.05) is 23.3 Å². The van der Waals surface area contributed by atoms with E-state index in [0.717, 1.165) is 68.7 Å². The number of imidazole rings is 1. The van der Waals surface area contributed by atoms with Gasteiger partial charge in [0.25, 0.3) is 5.82 Å². The van der Waals surface area contributed by atoms with E-state index in [1.54, 1.807) is 18.3 Å². The van der Waals surface area contributed by atoms with Gasteiger partial charge in [0.15, 0.2) is 5.69 Å². The predicted octanol–water partition coefficient (Wildman–Crippen LogP) is 3.60. The molecule has 2 aromatic heterocycles. The lowest BCUT2D eigenvalue weighted by Crippen LogP contribution is -2.41. The Morgan fingerprint density at radius 3 is 2.79 bits per heavy atom. The average Bonchev–Trinajstić information content (AvgIpc) is 3.38. The Balaban J connectivity index is 1.63. The Hall–Kier alpha value is -1.99. The van der Waals surface area contributed by atoms with Crippen LogP contribution in [0.2, 0.25) is 0 Å². The average molecular weight is 418 g/mol. The monoisotopic (exact) mass is 417 g/mol. The zero-order valence-electron chi connectivity index (χ0n) is 17.5. The Bertz CT molecular complexity index is 779. The van der Waals surface area contributed by atoms with Crippen LogP contribution < -0.4 is 10.3 Å². The number of ketones is 1. The Kier molecular flexibility index (Phi) is 8.00. The van der Waals surface area contributed by atoms with Gasteiger partial charge < -0.3 is 15.0 Å². The number of thiophene rings is 1. The van der Waals surface area contributed by atoms with Gasteiger partial charge in [-0.15, -0.1) is 0 Å². The number of nitrogens with zero attached hydrogens (tertiary/aromatic N) is 1. The molecule has 1 aliphatic rings. The highest BCUT2D eigenvalue weighted by Gasteiger charge is 2.28. The molecule has 1 atom stereocenters. The smallest absolute Gasteiger partial charge is 0.275 e. The molecule has 3 heterocycles. The van der Waals surface area contributed by atoms with Crippen LogP contribution in [0.15, 0.2) is 23.0 Å². The number of carbonyl (C=O) groups is 2. The number of amides is 1. The minimum atomic E-state index is -0.0631. The number of hydrogen-bond acceptors (Lipinski definition) is 4. The molecule has 6 nitrogen and oxygen atoms in total. The fourth-order valence-corrected chi connectivity index (χ4v) is 4.53. The van der Waals surface area contributed by atoms with Crippen LogP contribution in [-0.2, 0) is 9.59 Å². The van der Waals surface area contributed by atoms with Crippen LogP contribution in [0, 0.1) is 5.92 Å². The van der Waals surface area contributed by atoms with Crippen molar-refractivity contribution in [2.75, 3.05) is 20.1 Å². The second-order valence-corrected chi connectivity index (χ2v) is 8.97. The summed E-state index contributed by atoms with van der Waals surface area (Å²) in [5.74, 6) is 1.44. The van der Waals surface area contributed by atoms with E-state index in [4.69, 9.17) is 0 Å². The predicted molar refractivity (Wildman–Crippen MR) is 116 cm³/mol. The summed E-state index contributed by atoms with van der Waals surface area (Å²) in [5, 5.41) is 7.46. The second kappa shape index (κ2) is 10.7. The summed E-state index contributed by atoms with van der Waals surface area (Å²) < 4.78 is 0. The number of carbonyl (C=O) groups excluding carboxylic acids is 2.